The zero-order chi connectivity index (χ0) is 64.0. The second-order valence-corrected chi connectivity index (χ2v) is 23.5. The largest absolute Gasteiger partial charge is 0.394 e. The predicted octanol–water partition coefficient (Wildman–Crippen LogP) is 8.10. The van der Waals surface area contributed by atoms with Gasteiger partial charge >= 0.3 is 0 Å². The van der Waals surface area contributed by atoms with E-state index in [0.717, 1.165) is 89.9 Å². The van der Waals surface area contributed by atoms with E-state index in [2.05, 4.69) is 104 Å². The highest BCUT2D eigenvalue weighted by molar-refractivity contribution is 5.76. The summed E-state index contributed by atoms with van der Waals surface area (Å²) in [7, 11) is 0. The van der Waals surface area contributed by atoms with Crippen molar-refractivity contribution in [3.8, 4) is 0 Å². The van der Waals surface area contributed by atoms with Gasteiger partial charge in [-0.2, -0.15) is 0 Å². The second-order valence-electron chi connectivity index (χ2n) is 23.5. The molecule has 12 N–H and O–H groups in total. The summed E-state index contributed by atoms with van der Waals surface area (Å²) in [5, 5.41) is 120. The topological polar surface area (TPSA) is 307 Å². The smallest absolute Gasteiger partial charge is 0.220 e. The molecule has 0 aliphatic carbocycles. The molecule has 17 atom stereocenters. The summed E-state index contributed by atoms with van der Waals surface area (Å²) in [6.07, 6.45) is 38.2. The quantitative estimate of drug-likeness (QED) is 0.0202. The van der Waals surface area contributed by atoms with Crippen molar-refractivity contribution in [3.05, 3.63) is 97.2 Å². The molecule has 3 aliphatic heterocycles. The second kappa shape index (κ2) is 50.3. The van der Waals surface area contributed by atoms with Gasteiger partial charge in [-0.3, -0.25) is 4.79 Å². The third-order valence-corrected chi connectivity index (χ3v) is 16.1. The zero-order valence-corrected chi connectivity index (χ0v) is 53.2. The van der Waals surface area contributed by atoms with Crippen LogP contribution in [0.25, 0.3) is 0 Å². The summed E-state index contributed by atoms with van der Waals surface area (Å²) >= 11 is 0. The lowest BCUT2D eigenvalue weighted by atomic mass is 9.96. The molecule has 0 aromatic heterocycles. The van der Waals surface area contributed by atoms with Crippen LogP contribution in [0.5, 0.6) is 0 Å². The van der Waals surface area contributed by atoms with Crippen LogP contribution in [0.3, 0.4) is 0 Å². The van der Waals surface area contributed by atoms with Crippen LogP contribution < -0.4 is 5.32 Å². The summed E-state index contributed by atoms with van der Waals surface area (Å²) in [5.74, 6) is -0.296. The SMILES string of the molecule is CC/C=C\C/C=C\C/C=C\C/C=C\C/C=C\CCCCCCCCCCCCCCCC(=O)NC(COC1OC(CO)C(OC2OC(CO)C(OC3OC(CO)C(O)C(O)C3O)C(O)C2O)C(O)C1O)C(O)/C=C/CC/C=C/CC/C=C/CCCCCC. The van der Waals surface area contributed by atoms with Gasteiger partial charge in [0.05, 0.1) is 38.6 Å². The van der Waals surface area contributed by atoms with Crippen molar-refractivity contribution in [3.63, 3.8) is 0 Å². The molecule has 0 radical (unpaired) electrons. The van der Waals surface area contributed by atoms with Crippen molar-refractivity contribution in [2.75, 3.05) is 26.4 Å². The Bertz CT molecular complexity index is 1970. The molecule has 0 spiro atoms. The maximum Gasteiger partial charge on any atom is 0.220 e. The van der Waals surface area contributed by atoms with Gasteiger partial charge in [0.2, 0.25) is 5.91 Å². The van der Waals surface area contributed by atoms with Crippen LogP contribution in [0, 0.1) is 0 Å². The van der Waals surface area contributed by atoms with Crippen LogP contribution in [0.15, 0.2) is 97.2 Å². The molecule has 1 amide bonds. The van der Waals surface area contributed by atoms with Gasteiger partial charge in [-0.05, 0) is 89.9 Å². The van der Waals surface area contributed by atoms with E-state index in [1.807, 2.05) is 6.08 Å². The van der Waals surface area contributed by atoms with Gasteiger partial charge in [0.1, 0.15) is 73.2 Å². The zero-order valence-electron chi connectivity index (χ0n) is 53.2. The van der Waals surface area contributed by atoms with Gasteiger partial charge in [-0.25, -0.2) is 0 Å². The number of allylic oxidation sites excluding steroid dienone is 15. The van der Waals surface area contributed by atoms with Gasteiger partial charge in [-0.15, -0.1) is 0 Å². The van der Waals surface area contributed by atoms with Crippen LogP contribution in [0.4, 0.5) is 0 Å². The van der Waals surface area contributed by atoms with Crippen LogP contribution >= 0.6 is 0 Å². The predicted molar refractivity (Wildman–Crippen MR) is 341 cm³/mol. The average molecular weight is 1250 g/mol. The van der Waals surface area contributed by atoms with Crippen LogP contribution in [-0.4, -0.2) is 193 Å². The Hall–Kier alpha value is -3.29. The number of carbonyl (C=O) groups is 1. The minimum absolute atomic E-state index is 0.225. The van der Waals surface area contributed by atoms with Crippen molar-refractivity contribution in [2.45, 2.75) is 304 Å². The molecule has 506 valence electrons. The first-order chi connectivity index (χ1) is 42.8. The fraction of sp³-hybridized carbons (Fsp3) is 0.754. The summed E-state index contributed by atoms with van der Waals surface area (Å²) in [6, 6.07) is -1.00. The molecular formula is C69H117NO18. The molecule has 0 aromatic carbocycles. The number of aliphatic hydroxyl groups excluding tert-OH is 11. The molecule has 19 heteroatoms. The molecule has 17 unspecified atom stereocenters. The van der Waals surface area contributed by atoms with E-state index in [9.17, 15) is 61.0 Å². The number of unbranched alkanes of at least 4 members (excludes halogenated alkanes) is 19. The fourth-order valence-electron chi connectivity index (χ4n) is 10.7. The number of aliphatic hydroxyl groups is 11. The first-order valence-electron chi connectivity index (χ1n) is 33.5. The molecule has 3 fully saturated rings. The van der Waals surface area contributed by atoms with Crippen molar-refractivity contribution in [1.29, 1.82) is 0 Å². The number of hydrogen-bond donors (Lipinski definition) is 12. The molecule has 3 heterocycles. The molecule has 0 aromatic rings. The maximum absolute atomic E-state index is 13.4. The molecule has 0 bridgehead atoms. The Morgan fingerprint density at radius 1 is 0.420 bits per heavy atom. The first kappa shape index (κ1) is 78.9. The van der Waals surface area contributed by atoms with Crippen molar-refractivity contribution in [1.82, 2.24) is 5.32 Å². The van der Waals surface area contributed by atoms with Gasteiger partial charge in [0, 0.05) is 6.42 Å². The third kappa shape index (κ3) is 32.3. The van der Waals surface area contributed by atoms with E-state index >= 15 is 0 Å². The third-order valence-electron chi connectivity index (χ3n) is 16.1. The molecule has 0 saturated carbocycles. The van der Waals surface area contributed by atoms with Crippen LogP contribution in [0.2, 0.25) is 0 Å². The van der Waals surface area contributed by atoms with E-state index in [4.69, 9.17) is 28.4 Å². The summed E-state index contributed by atoms with van der Waals surface area (Å²) < 4.78 is 34.3. The Labute approximate surface area is 526 Å². The van der Waals surface area contributed by atoms with E-state index < -0.39 is 124 Å². The standard InChI is InChI=1S/C69H117NO18/c1-3-5-7-9-11-13-15-17-19-20-21-22-23-24-25-26-27-28-29-30-31-32-33-35-37-39-41-43-45-47-57(75)70-52(53(74)46-44-42-40-38-36-34-18-16-14-12-10-8-6-4-2)51-83-67-63(81)60(78)65(55(49-72)85-67)88-69-64(82)61(79)66(56(50-73)86-69)87-68-62(80)59(77)58(76)54(48-71)84-68/h5,7,11,13-14,16-17,19,21-22,24-25,36,38,44,46,52-56,58-69,71-74,76-82H,3-4,6,8-10,12,15,18,20,23,26-35,37,39-43,45,47-51H2,1-2H3,(H,70,75)/b7-5-,13-11-,16-14+,19-17-,22-21-,25-24-,38-36+,46-44+. The molecule has 3 saturated heterocycles. The normalized spacial score (nSPS) is 29.0. The highest BCUT2D eigenvalue weighted by Crippen LogP contribution is 2.33. The monoisotopic (exact) mass is 1250 g/mol. The summed E-state index contributed by atoms with van der Waals surface area (Å²) in [5.41, 5.74) is 0. The lowest BCUT2D eigenvalue weighted by Gasteiger charge is -2.48. The summed E-state index contributed by atoms with van der Waals surface area (Å²) in [6.45, 7) is 1.54. The lowest BCUT2D eigenvalue weighted by molar-refractivity contribution is -0.379. The van der Waals surface area contributed by atoms with Gasteiger partial charge in [0.25, 0.3) is 0 Å². The molecule has 88 heavy (non-hydrogen) atoms. The number of ether oxygens (including phenoxy) is 6. The Kier molecular flexibility index (Phi) is 45.1. The van der Waals surface area contributed by atoms with Crippen LogP contribution in [0.1, 0.15) is 200 Å². The average Bonchev–Trinajstić information content (AvgIpc) is 2.57. The Morgan fingerprint density at radius 3 is 1.27 bits per heavy atom. The van der Waals surface area contributed by atoms with Crippen molar-refractivity contribution >= 4 is 5.91 Å². The fourth-order valence-corrected chi connectivity index (χ4v) is 10.7. The number of carbonyl (C=O) groups excluding carboxylic acids is 1. The number of nitrogens with one attached hydrogen (secondary N) is 1. The molecule has 3 rings (SSSR count). The van der Waals surface area contributed by atoms with E-state index in [-0.39, 0.29) is 18.9 Å². The number of amides is 1. The molecule has 19 nitrogen and oxygen atoms in total. The molecule has 3 aliphatic rings. The molecular weight excluding hydrogens is 1130 g/mol. The maximum atomic E-state index is 13.4. The number of rotatable bonds is 49. The first-order valence-corrected chi connectivity index (χ1v) is 33.5. The van der Waals surface area contributed by atoms with Gasteiger partial charge in [0.15, 0.2) is 18.9 Å². The van der Waals surface area contributed by atoms with Crippen molar-refractivity contribution in [2.24, 2.45) is 0 Å². The van der Waals surface area contributed by atoms with E-state index in [1.54, 1.807) is 6.08 Å². The van der Waals surface area contributed by atoms with Gasteiger partial charge < -0.3 is 89.9 Å². The Morgan fingerprint density at radius 2 is 0.795 bits per heavy atom. The minimum Gasteiger partial charge on any atom is -0.394 e. The minimum atomic E-state index is -1.99. The number of hydrogen-bond acceptors (Lipinski definition) is 18. The van der Waals surface area contributed by atoms with E-state index in [0.29, 0.717) is 12.8 Å². The van der Waals surface area contributed by atoms with Gasteiger partial charge in [-0.1, -0.05) is 201 Å². The lowest BCUT2D eigenvalue weighted by Crippen LogP contribution is -2.66. The van der Waals surface area contributed by atoms with E-state index in [1.165, 1.54) is 77.0 Å². The highest BCUT2D eigenvalue weighted by Gasteiger charge is 2.53. The Balaban J connectivity index is 1.42. The highest BCUT2D eigenvalue weighted by atomic mass is 16.8. The van der Waals surface area contributed by atoms with Crippen molar-refractivity contribution < 1.29 is 89.4 Å². The summed E-state index contributed by atoms with van der Waals surface area (Å²) in [4.78, 5) is 13.4. The van der Waals surface area contributed by atoms with Crippen LogP contribution in [-0.2, 0) is 33.2 Å².